The van der Waals surface area contributed by atoms with Crippen molar-refractivity contribution in [3.63, 3.8) is 0 Å². The van der Waals surface area contributed by atoms with Gasteiger partial charge in [0.25, 0.3) is 0 Å². The highest BCUT2D eigenvalue weighted by Crippen LogP contribution is 2.35. The Hall–Kier alpha value is -2.06. The van der Waals surface area contributed by atoms with Crippen LogP contribution in [0.4, 0.5) is 5.69 Å². The Kier molecular flexibility index (Phi) is 3.34. The fourth-order valence-electron chi connectivity index (χ4n) is 2.25. The van der Waals surface area contributed by atoms with E-state index < -0.39 is 6.04 Å². The fourth-order valence-corrected chi connectivity index (χ4v) is 3.26. The van der Waals surface area contributed by atoms with E-state index in [9.17, 15) is 9.59 Å². The Morgan fingerprint density at radius 2 is 2.14 bits per heavy atom. The van der Waals surface area contributed by atoms with Crippen LogP contribution < -0.4 is 16.7 Å². The molecule has 1 aromatic carbocycles. The molecule has 1 aromatic heterocycles. The summed E-state index contributed by atoms with van der Waals surface area (Å²) >= 11 is 1.36. The molecule has 0 aliphatic carbocycles. The average molecular weight is 305 g/mol. The molecular weight excluding hydrogens is 290 g/mol. The number of nitrogens with one attached hydrogen (secondary N) is 2. The number of nitrogens with zero attached hydrogens (tertiary/aromatic N) is 2. The number of aromatic amines is 1. The quantitative estimate of drug-likeness (QED) is 0.791. The number of amides is 1. The van der Waals surface area contributed by atoms with Crippen molar-refractivity contribution in [2.45, 2.75) is 36.0 Å². The first-order chi connectivity index (χ1) is 9.97. The van der Waals surface area contributed by atoms with Gasteiger partial charge < -0.3 is 11.1 Å². The lowest BCUT2D eigenvalue weighted by molar-refractivity contribution is -0.116. The number of fused-ring (bicyclic) bond motifs is 1. The minimum atomic E-state index is -0.613. The molecule has 0 fully saturated rings. The van der Waals surface area contributed by atoms with Crippen LogP contribution in [0.5, 0.6) is 0 Å². The maximum Gasteiger partial charge on any atom is 0.344 e. The van der Waals surface area contributed by atoms with Crippen LogP contribution in [0.15, 0.2) is 33.0 Å². The molecule has 1 aliphatic rings. The van der Waals surface area contributed by atoms with E-state index in [0.29, 0.717) is 10.8 Å². The Morgan fingerprint density at radius 3 is 2.86 bits per heavy atom. The predicted octanol–water partition coefficient (Wildman–Crippen LogP) is 1.26. The van der Waals surface area contributed by atoms with E-state index in [-0.39, 0.29) is 17.6 Å². The van der Waals surface area contributed by atoms with Gasteiger partial charge in [0.15, 0.2) is 5.16 Å². The molecule has 1 unspecified atom stereocenters. The topological polar surface area (TPSA) is 106 Å². The SMILES string of the molecule is CC(C)n1c(Sc2ccc3c(c2)NC(=O)C3N)n[nH]c1=O. The van der Waals surface area contributed by atoms with E-state index in [0.717, 1.165) is 10.5 Å². The summed E-state index contributed by atoms with van der Waals surface area (Å²) in [6.07, 6.45) is 0. The van der Waals surface area contributed by atoms with Crippen molar-refractivity contribution in [3.8, 4) is 0 Å². The van der Waals surface area contributed by atoms with Crippen LogP contribution in [-0.2, 0) is 4.79 Å². The van der Waals surface area contributed by atoms with Crippen molar-refractivity contribution in [3.05, 3.63) is 34.2 Å². The second-order valence-electron chi connectivity index (χ2n) is 5.09. The highest BCUT2D eigenvalue weighted by molar-refractivity contribution is 7.99. The lowest BCUT2D eigenvalue weighted by Crippen LogP contribution is -2.19. The Labute approximate surface area is 124 Å². The van der Waals surface area contributed by atoms with Gasteiger partial charge in [-0.3, -0.25) is 9.36 Å². The van der Waals surface area contributed by atoms with Crippen LogP contribution in [0.2, 0.25) is 0 Å². The van der Waals surface area contributed by atoms with Crippen LogP contribution in [0.3, 0.4) is 0 Å². The molecule has 0 bridgehead atoms. The van der Waals surface area contributed by atoms with Gasteiger partial charge in [-0.2, -0.15) is 0 Å². The number of rotatable bonds is 3. The molecule has 0 saturated heterocycles. The first kappa shape index (κ1) is 13.9. The normalized spacial score (nSPS) is 17.1. The van der Waals surface area contributed by atoms with Gasteiger partial charge >= 0.3 is 5.69 Å². The largest absolute Gasteiger partial charge is 0.344 e. The van der Waals surface area contributed by atoms with Crippen molar-refractivity contribution < 1.29 is 4.79 Å². The number of H-pyrrole nitrogens is 1. The number of hydrogen-bond acceptors (Lipinski definition) is 5. The van der Waals surface area contributed by atoms with Gasteiger partial charge in [-0.05, 0) is 37.7 Å². The molecule has 0 radical (unpaired) electrons. The Morgan fingerprint density at radius 1 is 1.38 bits per heavy atom. The summed E-state index contributed by atoms with van der Waals surface area (Å²) in [6, 6.07) is 4.94. The molecule has 0 saturated carbocycles. The molecule has 8 heteroatoms. The first-order valence-electron chi connectivity index (χ1n) is 6.52. The predicted molar refractivity (Wildman–Crippen MR) is 79.4 cm³/mol. The molecule has 21 heavy (non-hydrogen) atoms. The second-order valence-corrected chi connectivity index (χ2v) is 6.13. The third-order valence-electron chi connectivity index (χ3n) is 3.30. The fraction of sp³-hybridized carbons (Fsp3) is 0.308. The highest BCUT2D eigenvalue weighted by Gasteiger charge is 2.27. The highest BCUT2D eigenvalue weighted by atomic mass is 32.2. The molecule has 1 atom stereocenters. The molecule has 1 aliphatic heterocycles. The van der Waals surface area contributed by atoms with E-state index in [2.05, 4.69) is 15.5 Å². The van der Waals surface area contributed by atoms with Crippen molar-refractivity contribution in [1.82, 2.24) is 14.8 Å². The zero-order chi connectivity index (χ0) is 15.1. The number of aromatic nitrogens is 3. The van der Waals surface area contributed by atoms with Crippen LogP contribution in [0.1, 0.15) is 31.5 Å². The third kappa shape index (κ3) is 2.36. The molecule has 0 spiro atoms. The maximum absolute atomic E-state index is 11.7. The van der Waals surface area contributed by atoms with E-state index >= 15 is 0 Å². The summed E-state index contributed by atoms with van der Waals surface area (Å²) in [5.74, 6) is -0.203. The van der Waals surface area contributed by atoms with Gasteiger partial charge in [-0.25, -0.2) is 9.89 Å². The van der Waals surface area contributed by atoms with Gasteiger partial charge in [0, 0.05) is 22.2 Å². The number of carbonyl (C=O) groups excluding carboxylic acids is 1. The summed E-state index contributed by atoms with van der Waals surface area (Å²) in [7, 11) is 0. The van der Waals surface area contributed by atoms with Crippen LogP contribution in [0.25, 0.3) is 0 Å². The van der Waals surface area contributed by atoms with Gasteiger partial charge in [0.2, 0.25) is 5.91 Å². The summed E-state index contributed by atoms with van der Waals surface area (Å²) in [4.78, 5) is 24.1. The standard InChI is InChI=1S/C13H15N5O2S/c1-6(2)18-12(20)16-17-13(18)21-7-3-4-8-9(5-7)15-11(19)10(8)14/h3-6,10H,14H2,1-2H3,(H,15,19)(H,16,20). The van der Waals surface area contributed by atoms with Gasteiger partial charge in [0.05, 0.1) is 0 Å². The molecule has 110 valence electrons. The molecule has 2 aromatic rings. The summed E-state index contributed by atoms with van der Waals surface area (Å²) in [6.45, 7) is 3.84. The smallest absolute Gasteiger partial charge is 0.324 e. The summed E-state index contributed by atoms with van der Waals surface area (Å²) < 4.78 is 1.59. The Balaban J connectivity index is 1.93. The minimum absolute atomic E-state index is 0.0151. The molecule has 1 amide bonds. The van der Waals surface area contributed by atoms with Gasteiger partial charge in [-0.15, -0.1) is 5.10 Å². The zero-order valence-corrected chi connectivity index (χ0v) is 12.4. The molecule has 4 N–H and O–H groups in total. The van der Waals surface area contributed by atoms with E-state index in [4.69, 9.17) is 5.73 Å². The third-order valence-corrected chi connectivity index (χ3v) is 4.26. The number of benzene rings is 1. The van der Waals surface area contributed by atoms with Gasteiger partial charge in [-0.1, -0.05) is 6.07 Å². The number of nitrogens with two attached hydrogens (primary N) is 1. The second kappa shape index (κ2) is 5.05. The summed E-state index contributed by atoms with van der Waals surface area (Å²) in [5.41, 5.74) is 7.04. The average Bonchev–Trinajstić information content (AvgIpc) is 2.91. The lowest BCUT2D eigenvalue weighted by atomic mass is 10.1. The number of carbonyl (C=O) groups is 1. The number of hydrogen-bond donors (Lipinski definition) is 3. The lowest BCUT2D eigenvalue weighted by Gasteiger charge is -2.09. The molecule has 2 heterocycles. The van der Waals surface area contributed by atoms with E-state index in [1.165, 1.54) is 11.8 Å². The van der Waals surface area contributed by atoms with Crippen molar-refractivity contribution in [2.75, 3.05) is 5.32 Å². The van der Waals surface area contributed by atoms with E-state index in [1.54, 1.807) is 4.57 Å². The van der Waals surface area contributed by atoms with Crippen molar-refractivity contribution in [2.24, 2.45) is 5.73 Å². The molecular formula is C13H15N5O2S. The monoisotopic (exact) mass is 305 g/mol. The first-order valence-corrected chi connectivity index (χ1v) is 7.34. The Bertz CT molecular complexity index is 764. The zero-order valence-electron chi connectivity index (χ0n) is 11.6. The van der Waals surface area contributed by atoms with Crippen LogP contribution in [0, 0.1) is 0 Å². The number of anilines is 1. The van der Waals surface area contributed by atoms with Crippen molar-refractivity contribution >= 4 is 23.4 Å². The van der Waals surface area contributed by atoms with Crippen LogP contribution >= 0.6 is 11.8 Å². The summed E-state index contributed by atoms with van der Waals surface area (Å²) in [5, 5.41) is 9.81. The van der Waals surface area contributed by atoms with Gasteiger partial charge in [0.1, 0.15) is 6.04 Å². The van der Waals surface area contributed by atoms with E-state index in [1.807, 2.05) is 32.0 Å². The molecule has 7 nitrogen and oxygen atoms in total. The maximum atomic E-state index is 11.7. The minimum Gasteiger partial charge on any atom is -0.324 e. The molecule has 3 rings (SSSR count). The van der Waals surface area contributed by atoms with Crippen molar-refractivity contribution in [1.29, 1.82) is 0 Å². The van der Waals surface area contributed by atoms with Crippen LogP contribution in [-0.4, -0.2) is 20.7 Å².